The van der Waals surface area contributed by atoms with E-state index in [0.29, 0.717) is 5.56 Å². The Morgan fingerprint density at radius 2 is 1.67 bits per heavy atom. The van der Waals surface area contributed by atoms with Crippen LogP contribution in [0, 0.1) is 20.2 Å². The highest BCUT2D eigenvalue weighted by Crippen LogP contribution is 2.40. The minimum absolute atomic E-state index is 0.0137. The Balaban J connectivity index is 2.10. The molecular weight excluding hydrogens is 438 g/mol. The van der Waals surface area contributed by atoms with Crippen molar-refractivity contribution >= 4 is 28.8 Å². The lowest BCUT2D eigenvalue weighted by atomic mass is 9.95. The minimum Gasteiger partial charge on any atom is -0.507 e. The summed E-state index contributed by atoms with van der Waals surface area (Å²) in [7, 11) is 0. The number of Topliss-reactive ketones (excluding diaryl/α,β-unsaturated/α-hetero) is 1. The van der Waals surface area contributed by atoms with E-state index in [0.717, 1.165) is 11.0 Å². The number of ketones is 1. The molecule has 2 N–H and O–H groups in total. The number of hydrogen-bond donors (Lipinski definition) is 2. The Bertz CT molecular complexity index is 1130. The first-order valence-corrected chi connectivity index (χ1v) is 9.72. The molecule has 172 valence electrons. The Kier molecular flexibility index (Phi) is 7.10. The predicted octanol–water partition coefficient (Wildman–Crippen LogP) is 1.93. The van der Waals surface area contributed by atoms with Crippen LogP contribution < -0.4 is 0 Å². The van der Waals surface area contributed by atoms with Crippen LogP contribution in [-0.2, 0) is 14.3 Å². The summed E-state index contributed by atoms with van der Waals surface area (Å²) in [5.74, 6) is -2.55. The van der Waals surface area contributed by atoms with E-state index in [2.05, 4.69) is 0 Å². The van der Waals surface area contributed by atoms with Gasteiger partial charge in [0.25, 0.3) is 23.1 Å². The number of nitro benzene ring substituents is 2. The zero-order valence-electron chi connectivity index (χ0n) is 17.1. The molecule has 1 heterocycles. The maximum absolute atomic E-state index is 12.9. The van der Waals surface area contributed by atoms with Crippen molar-refractivity contribution in [3.63, 3.8) is 0 Å². The van der Waals surface area contributed by atoms with Crippen LogP contribution in [0.2, 0.25) is 0 Å². The highest BCUT2D eigenvalue weighted by atomic mass is 16.6. The van der Waals surface area contributed by atoms with Crippen LogP contribution in [0.25, 0.3) is 5.76 Å². The largest absolute Gasteiger partial charge is 0.507 e. The van der Waals surface area contributed by atoms with Crippen molar-refractivity contribution < 1.29 is 34.4 Å². The molecule has 12 nitrogen and oxygen atoms in total. The lowest BCUT2D eigenvalue weighted by Crippen LogP contribution is -2.33. The summed E-state index contributed by atoms with van der Waals surface area (Å²) in [4.78, 5) is 47.6. The van der Waals surface area contributed by atoms with Gasteiger partial charge in [0.05, 0.1) is 41.3 Å². The molecule has 33 heavy (non-hydrogen) atoms. The van der Waals surface area contributed by atoms with Crippen molar-refractivity contribution in [2.24, 2.45) is 0 Å². The van der Waals surface area contributed by atoms with Gasteiger partial charge >= 0.3 is 0 Å². The molecule has 0 saturated carbocycles. The molecule has 2 aromatic rings. The number of aliphatic hydroxyl groups excluding tert-OH is 2. The molecule has 1 unspecified atom stereocenters. The summed E-state index contributed by atoms with van der Waals surface area (Å²) in [6, 6.07) is 8.97. The van der Waals surface area contributed by atoms with Crippen molar-refractivity contribution in [2.75, 3.05) is 26.4 Å². The Morgan fingerprint density at radius 1 is 1.00 bits per heavy atom. The van der Waals surface area contributed by atoms with Gasteiger partial charge in [0, 0.05) is 36.4 Å². The number of hydrogen-bond acceptors (Lipinski definition) is 9. The van der Waals surface area contributed by atoms with Gasteiger partial charge < -0.3 is 19.8 Å². The molecule has 0 radical (unpaired) electrons. The first-order valence-electron chi connectivity index (χ1n) is 9.72. The van der Waals surface area contributed by atoms with Crippen LogP contribution >= 0.6 is 0 Å². The number of nitrogens with zero attached hydrogens (tertiary/aromatic N) is 3. The van der Waals surface area contributed by atoms with E-state index in [1.807, 2.05) is 0 Å². The van der Waals surface area contributed by atoms with Crippen LogP contribution in [0.15, 0.2) is 54.1 Å². The maximum Gasteiger partial charge on any atom is 0.295 e. The third kappa shape index (κ3) is 4.86. The van der Waals surface area contributed by atoms with Crippen molar-refractivity contribution in [1.82, 2.24) is 4.90 Å². The molecule has 1 amide bonds. The van der Waals surface area contributed by atoms with E-state index in [4.69, 9.17) is 9.84 Å². The zero-order chi connectivity index (χ0) is 24.1. The molecule has 0 aromatic heterocycles. The second-order valence-electron chi connectivity index (χ2n) is 6.98. The SMILES string of the molecule is O=C1C(=O)N(CCOCCO)C(c2ccc([N+](=O)[O-])cc2)/C1=C(/O)c1cccc([N+](=O)[O-])c1. The van der Waals surface area contributed by atoms with Crippen LogP contribution in [-0.4, -0.2) is 63.0 Å². The summed E-state index contributed by atoms with van der Waals surface area (Å²) in [5, 5.41) is 41.9. The number of ether oxygens (including phenoxy) is 1. The molecule has 0 bridgehead atoms. The lowest BCUT2D eigenvalue weighted by molar-refractivity contribution is -0.385. The number of benzene rings is 2. The molecule has 1 fully saturated rings. The van der Waals surface area contributed by atoms with Gasteiger partial charge in [0.15, 0.2) is 0 Å². The molecule has 0 spiro atoms. The molecule has 1 atom stereocenters. The lowest BCUT2D eigenvalue weighted by Gasteiger charge is -2.25. The smallest absolute Gasteiger partial charge is 0.295 e. The highest BCUT2D eigenvalue weighted by Gasteiger charge is 2.46. The summed E-state index contributed by atoms with van der Waals surface area (Å²) in [5.41, 5.74) is -0.561. The number of non-ortho nitro benzene ring substituents is 2. The third-order valence-electron chi connectivity index (χ3n) is 5.00. The molecule has 12 heteroatoms. The molecule has 0 aliphatic carbocycles. The van der Waals surface area contributed by atoms with Gasteiger partial charge in [-0.1, -0.05) is 12.1 Å². The number of carbonyl (C=O) groups excluding carboxylic acids is 2. The van der Waals surface area contributed by atoms with Gasteiger partial charge in [0.2, 0.25) is 0 Å². The fourth-order valence-corrected chi connectivity index (χ4v) is 3.49. The van der Waals surface area contributed by atoms with Crippen molar-refractivity contribution in [3.8, 4) is 0 Å². The minimum atomic E-state index is -1.11. The summed E-state index contributed by atoms with van der Waals surface area (Å²) >= 11 is 0. The maximum atomic E-state index is 12.9. The molecule has 3 rings (SSSR count). The average Bonchev–Trinajstić information content (AvgIpc) is 3.06. The van der Waals surface area contributed by atoms with Crippen molar-refractivity contribution in [1.29, 1.82) is 0 Å². The Morgan fingerprint density at radius 3 is 2.27 bits per heavy atom. The summed E-state index contributed by atoms with van der Waals surface area (Å²) in [6.45, 7) is -0.316. The zero-order valence-corrected chi connectivity index (χ0v) is 17.1. The summed E-state index contributed by atoms with van der Waals surface area (Å²) in [6.07, 6.45) is 0. The monoisotopic (exact) mass is 457 g/mol. The van der Waals surface area contributed by atoms with Crippen LogP contribution in [0.4, 0.5) is 11.4 Å². The molecular formula is C21H19N3O9. The number of nitro groups is 2. The fourth-order valence-electron chi connectivity index (χ4n) is 3.49. The van der Waals surface area contributed by atoms with Gasteiger partial charge in [-0.05, 0) is 17.7 Å². The Labute approximate surface area is 186 Å². The van der Waals surface area contributed by atoms with Gasteiger partial charge in [-0.25, -0.2) is 0 Å². The van der Waals surface area contributed by atoms with E-state index in [1.165, 1.54) is 42.5 Å². The van der Waals surface area contributed by atoms with Crippen molar-refractivity contribution in [2.45, 2.75) is 6.04 Å². The van der Waals surface area contributed by atoms with E-state index >= 15 is 0 Å². The van der Waals surface area contributed by atoms with Crippen LogP contribution in [0.1, 0.15) is 17.2 Å². The van der Waals surface area contributed by atoms with Gasteiger partial charge in [-0.15, -0.1) is 0 Å². The van der Waals surface area contributed by atoms with Crippen LogP contribution in [0.3, 0.4) is 0 Å². The number of likely N-dealkylation sites (tertiary alicyclic amines) is 1. The summed E-state index contributed by atoms with van der Waals surface area (Å²) < 4.78 is 5.19. The second kappa shape index (κ2) is 9.97. The van der Waals surface area contributed by atoms with E-state index in [9.17, 15) is 34.9 Å². The quantitative estimate of drug-likeness (QED) is 0.142. The van der Waals surface area contributed by atoms with E-state index in [-0.39, 0.29) is 48.9 Å². The average molecular weight is 457 g/mol. The first-order chi connectivity index (χ1) is 15.8. The van der Waals surface area contributed by atoms with E-state index < -0.39 is 33.3 Å². The van der Waals surface area contributed by atoms with Gasteiger partial charge in [-0.3, -0.25) is 29.8 Å². The topological polar surface area (TPSA) is 173 Å². The highest BCUT2D eigenvalue weighted by molar-refractivity contribution is 6.46. The Hall–Kier alpha value is -4.16. The molecule has 2 aromatic carbocycles. The fraction of sp³-hybridized carbons (Fsp3) is 0.238. The predicted molar refractivity (Wildman–Crippen MR) is 113 cm³/mol. The van der Waals surface area contributed by atoms with E-state index in [1.54, 1.807) is 0 Å². The van der Waals surface area contributed by atoms with Crippen LogP contribution in [0.5, 0.6) is 0 Å². The number of aliphatic hydroxyl groups is 2. The first kappa shape index (κ1) is 23.5. The van der Waals surface area contributed by atoms with Gasteiger partial charge in [0.1, 0.15) is 5.76 Å². The molecule has 1 saturated heterocycles. The molecule has 1 aliphatic heterocycles. The number of carbonyl (C=O) groups is 2. The van der Waals surface area contributed by atoms with Crippen molar-refractivity contribution in [3.05, 3.63) is 85.5 Å². The number of rotatable bonds is 9. The number of amides is 1. The third-order valence-corrected chi connectivity index (χ3v) is 5.00. The van der Waals surface area contributed by atoms with Gasteiger partial charge in [-0.2, -0.15) is 0 Å². The molecule has 1 aliphatic rings. The normalized spacial score (nSPS) is 17.4. The second-order valence-corrected chi connectivity index (χ2v) is 6.98. The standard InChI is InChI=1S/C21H19N3O9/c25-9-11-33-10-8-22-18(13-4-6-15(7-5-13)23(29)30)17(20(27)21(22)28)19(26)14-2-1-3-16(12-14)24(31)32/h1-7,12,18,25-26H,8-11H2/b19-17-.